The molecule has 0 amide bonds. The first-order chi connectivity index (χ1) is 15.6. The molecule has 0 bridgehead atoms. The number of hydrogen-bond donors (Lipinski definition) is 0. The molecule has 1 heterocycles. The molecule has 0 aliphatic rings. The van der Waals surface area contributed by atoms with E-state index in [1.54, 1.807) is 36.4 Å². The van der Waals surface area contributed by atoms with Crippen molar-refractivity contribution in [2.45, 2.75) is 12.8 Å². The first-order valence-electron chi connectivity index (χ1n) is 9.31. The second-order valence-corrected chi connectivity index (χ2v) is 8.44. The van der Waals surface area contributed by atoms with Gasteiger partial charge in [0.25, 0.3) is 5.76 Å². The molecule has 170 valence electrons. The van der Waals surface area contributed by atoms with E-state index < -0.39 is 23.1 Å². The Morgan fingerprint density at radius 3 is 2.33 bits per heavy atom. The molecule has 4 rings (SSSR count). The monoisotopic (exact) mass is 558 g/mol. The van der Waals surface area contributed by atoms with Crippen LogP contribution < -0.4 is 14.9 Å². The lowest BCUT2D eigenvalue weighted by Crippen LogP contribution is -2.15. The summed E-state index contributed by atoms with van der Waals surface area (Å²) in [5, 5.41) is 0.652. The molecule has 3 aromatic carbocycles. The maximum atomic E-state index is 13.7. The lowest BCUT2D eigenvalue weighted by Gasteiger charge is -2.14. The highest BCUT2D eigenvalue weighted by Gasteiger charge is 2.40. The van der Waals surface area contributed by atoms with Crippen LogP contribution in [0.15, 0.2) is 74.3 Å². The Bertz CT molecular complexity index is 1380. The van der Waals surface area contributed by atoms with Crippen molar-refractivity contribution < 1.29 is 27.1 Å². The van der Waals surface area contributed by atoms with Crippen LogP contribution in [0.25, 0.3) is 11.0 Å². The van der Waals surface area contributed by atoms with E-state index in [0.29, 0.717) is 20.1 Å². The van der Waals surface area contributed by atoms with Crippen LogP contribution in [0.5, 0.6) is 17.2 Å². The maximum Gasteiger partial charge on any atom is 0.453 e. The minimum atomic E-state index is -4.98. The highest BCUT2D eigenvalue weighted by Crippen LogP contribution is 2.40. The summed E-state index contributed by atoms with van der Waals surface area (Å²) in [7, 11) is 0. The Labute approximate surface area is 203 Å². The van der Waals surface area contributed by atoms with E-state index in [0.717, 1.165) is 0 Å². The highest BCUT2D eigenvalue weighted by molar-refractivity contribution is 9.10. The zero-order valence-corrected chi connectivity index (χ0v) is 19.5. The average Bonchev–Trinajstić information content (AvgIpc) is 2.75. The Balaban J connectivity index is 1.75. The Morgan fingerprint density at radius 2 is 1.67 bits per heavy atom. The number of halogens is 6. The molecule has 1 aromatic heterocycles. The Hall–Kier alpha value is -2.68. The van der Waals surface area contributed by atoms with Crippen molar-refractivity contribution in [3.05, 3.63) is 96.7 Å². The summed E-state index contributed by atoms with van der Waals surface area (Å²) in [6.45, 7) is -0.0381. The molecule has 0 unspecified atom stereocenters. The van der Waals surface area contributed by atoms with Gasteiger partial charge in [0.15, 0.2) is 0 Å². The molecule has 0 N–H and O–H groups in total. The van der Waals surface area contributed by atoms with Crippen LogP contribution in [-0.4, -0.2) is 0 Å². The van der Waals surface area contributed by atoms with Crippen LogP contribution >= 0.6 is 39.1 Å². The van der Waals surface area contributed by atoms with Crippen molar-refractivity contribution in [1.29, 1.82) is 0 Å². The normalized spacial score (nSPS) is 11.6. The van der Waals surface area contributed by atoms with Gasteiger partial charge in [0.1, 0.15) is 23.7 Å². The maximum absolute atomic E-state index is 13.7. The van der Waals surface area contributed by atoms with Gasteiger partial charge in [-0.15, -0.1) is 0 Å². The standard InChI is InChI=1S/C23H12BrCl2F3O4/c24-15-4-1-2-7-18(15)32-21-20(30)13-9-8-12(10-19(13)33-22(21)23(27,28)29)31-11-14-16(25)5-3-6-17(14)26/h1-10H,11H2. The van der Waals surface area contributed by atoms with E-state index in [9.17, 15) is 18.0 Å². The molecule has 0 atom stereocenters. The summed E-state index contributed by atoms with van der Waals surface area (Å²) in [6.07, 6.45) is -4.98. The number of para-hydroxylation sites is 1. The number of alkyl halides is 3. The summed E-state index contributed by atoms with van der Waals surface area (Å²) in [4.78, 5) is 12.9. The smallest absolute Gasteiger partial charge is 0.453 e. The Kier molecular flexibility index (Phi) is 6.61. The number of hydrogen-bond acceptors (Lipinski definition) is 4. The van der Waals surface area contributed by atoms with E-state index in [1.807, 2.05) is 0 Å². The van der Waals surface area contributed by atoms with Gasteiger partial charge in [-0.3, -0.25) is 4.79 Å². The highest BCUT2D eigenvalue weighted by atomic mass is 79.9. The van der Waals surface area contributed by atoms with Gasteiger partial charge in [0.05, 0.1) is 9.86 Å². The molecular formula is C23H12BrCl2F3O4. The minimum Gasteiger partial charge on any atom is -0.489 e. The van der Waals surface area contributed by atoms with Crippen molar-refractivity contribution in [2.24, 2.45) is 0 Å². The van der Waals surface area contributed by atoms with E-state index in [1.165, 1.54) is 24.3 Å². The number of ether oxygens (including phenoxy) is 2. The zero-order chi connectivity index (χ0) is 23.8. The predicted molar refractivity (Wildman–Crippen MR) is 122 cm³/mol. The van der Waals surface area contributed by atoms with Crippen LogP contribution in [0.2, 0.25) is 10.0 Å². The average molecular weight is 560 g/mol. The second kappa shape index (κ2) is 9.29. The first-order valence-corrected chi connectivity index (χ1v) is 10.9. The van der Waals surface area contributed by atoms with Crippen LogP contribution in [0.3, 0.4) is 0 Å². The number of fused-ring (bicyclic) bond motifs is 1. The van der Waals surface area contributed by atoms with E-state index >= 15 is 0 Å². The van der Waals surface area contributed by atoms with Crippen LogP contribution in [0, 0.1) is 0 Å². The largest absolute Gasteiger partial charge is 0.489 e. The first kappa shape index (κ1) is 23.5. The summed E-state index contributed by atoms with van der Waals surface area (Å²) < 4.78 is 57.6. The minimum absolute atomic E-state index is 0.0335. The van der Waals surface area contributed by atoms with Crippen molar-refractivity contribution in [3.8, 4) is 17.2 Å². The van der Waals surface area contributed by atoms with Gasteiger partial charge < -0.3 is 13.9 Å². The third-order valence-corrected chi connectivity index (χ3v) is 5.94. The molecule has 0 fully saturated rings. The third-order valence-electron chi connectivity index (χ3n) is 4.57. The fraction of sp³-hybridized carbons (Fsp3) is 0.0870. The van der Waals surface area contributed by atoms with E-state index in [4.69, 9.17) is 37.1 Å². The number of rotatable bonds is 5. The summed E-state index contributed by atoms with van der Waals surface area (Å²) in [5.74, 6) is -2.32. The number of benzene rings is 3. The van der Waals surface area contributed by atoms with Crippen molar-refractivity contribution in [1.82, 2.24) is 0 Å². The van der Waals surface area contributed by atoms with Crippen LogP contribution in [0.1, 0.15) is 11.3 Å². The summed E-state index contributed by atoms with van der Waals surface area (Å²) in [6, 6.07) is 15.1. The van der Waals surface area contributed by atoms with Gasteiger partial charge in [-0.05, 0) is 52.3 Å². The summed E-state index contributed by atoms with van der Waals surface area (Å²) >= 11 is 15.4. The Morgan fingerprint density at radius 1 is 0.970 bits per heavy atom. The van der Waals surface area contributed by atoms with Gasteiger partial charge in [-0.25, -0.2) is 0 Å². The predicted octanol–water partition coefficient (Wildman–Crippen LogP) is 8.25. The molecule has 0 saturated heterocycles. The molecule has 0 radical (unpaired) electrons. The van der Waals surface area contributed by atoms with Gasteiger partial charge in [0.2, 0.25) is 11.2 Å². The summed E-state index contributed by atoms with van der Waals surface area (Å²) in [5.41, 5.74) is -0.773. The molecule has 4 nitrogen and oxygen atoms in total. The van der Waals surface area contributed by atoms with Crippen molar-refractivity contribution >= 4 is 50.1 Å². The van der Waals surface area contributed by atoms with Gasteiger partial charge >= 0.3 is 6.18 Å². The molecule has 0 spiro atoms. The molecule has 10 heteroatoms. The lowest BCUT2D eigenvalue weighted by molar-refractivity contribution is -0.154. The SMILES string of the molecule is O=c1c(Oc2ccccc2Br)c(C(F)(F)F)oc2cc(OCc3c(Cl)cccc3Cl)ccc12. The molecule has 0 saturated carbocycles. The van der Waals surface area contributed by atoms with Crippen molar-refractivity contribution in [3.63, 3.8) is 0 Å². The molecule has 33 heavy (non-hydrogen) atoms. The molecule has 0 aliphatic carbocycles. The molecule has 4 aromatic rings. The van der Waals surface area contributed by atoms with Gasteiger partial charge in [0, 0.05) is 21.7 Å². The zero-order valence-electron chi connectivity index (χ0n) is 16.4. The van der Waals surface area contributed by atoms with E-state index in [-0.39, 0.29) is 29.1 Å². The van der Waals surface area contributed by atoms with Crippen molar-refractivity contribution in [2.75, 3.05) is 0 Å². The topological polar surface area (TPSA) is 48.7 Å². The second-order valence-electron chi connectivity index (χ2n) is 6.77. The fourth-order valence-corrected chi connectivity index (χ4v) is 3.86. The molecule has 0 aliphatic heterocycles. The van der Waals surface area contributed by atoms with Crippen LogP contribution in [-0.2, 0) is 12.8 Å². The van der Waals surface area contributed by atoms with Crippen LogP contribution in [0.4, 0.5) is 13.2 Å². The third kappa shape index (κ3) is 4.98. The fourth-order valence-electron chi connectivity index (χ4n) is 2.99. The lowest BCUT2D eigenvalue weighted by atomic mass is 10.2. The quantitative estimate of drug-likeness (QED) is 0.247. The van der Waals surface area contributed by atoms with E-state index in [2.05, 4.69) is 15.9 Å². The molecular weight excluding hydrogens is 548 g/mol. The van der Waals surface area contributed by atoms with Gasteiger partial charge in [-0.2, -0.15) is 13.2 Å². The van der Waals surface area contributed by atoms with Gasteiger partial charge in [-0.1, -0.05) is 41.4 Å².